The quantitative estimate of drug-likeness (QED) is 0.661. The molecule has 0 saturated heterocycles. The van der Waals surface area contributed by atoms with Crippen LogP contribution in [-0.4, -0.2) is 17.4 Å². The predicted molar refractivity (Wildman–Crippen MR) is 60.7 cm³/mol. The molecule has 1 rings (SSSR count). The fraction of sp³-hybridized carbons (Fsp3) is 0.182. The Morgan fingerprint density at radius 2 is 2.00 bits per heavy atom. The summed E-state index contributed by atoms with van der Waals surface area (Å²) in [7, 11) is 0. The molecule has 96 valence electrons. The molecule has 0 saturated carbocycles. The van der Waals surface area contributed by atoms with E-state index in [1.165, 1.54) is 19.1 Å². The lowest BCUT2D eigenvalue weighted by atomic mass is 10.1. The number of nitrogens with zero attached hydrogens (tertiary/aromatic N) is 1. The molecule has 5 nitrogen and oxygen atoms in total. The number of carbonyl (C=O) groups excluding carboxylic acids is 1. The van der Waals surface area contributed by atoms with Crippen molar-refractivity contribution in [1.82, 2.24) is 5.32 Å². The normalized spacial score (nSPS) is 10.6. The lowest BCUT2D eigenvalue weighted by Gasteiger charge is -1.99. The minimum absolute atomic E-state index is 0.140. The second kappa shape index (κ2) is 5.85. The summed E-state index contributed by atoms with van der Waals surface area (Å²) in [5, 5.41) is 12.8. The Labute approximate surface area is 101 Å². The highest BCUT2D eigenvalue weighted by Crippen LogP contribution is 2.23. The van der Waals surface area contributed by atoms with Gasteiger partial charge < -0.3 is 5.32 Å². The van der Waals surface area contributed by atoms with Crippen LogP contribution in [0.15, 0.2) is 18.2 Å². The van der Waals surface area contributed by atoms with E-state index in [9.17, 15) is 23.7 Å². The van der Waals surface area contributed by atoms with Crippen molar-refractivity contribution in [2.45, 2.75) is 6.92 Å². The monoisotopic (exact) mass is 256 g/mol. The van der Waals surface area contributed by atoms with Crippen LogP contribution in [0.4, 0.5) is 14.5 Å². The molecule has 0 aliphatic heterocycles. The Hall–Kier alpha value is -2.31. The molecule has 18 heavy (non-hydrogen) atoms. The number of nitro benzene ring substituents is 1. The van der Waals surface area contributed by atoms with Gasteiger partial charge in [0.25, 0.3) is 0 Å². The number of halogens is 2. The Balaban J connectivity index is 2.87. The third kappa shape index (κ3) is 3.62. The molecule has 0 atom stereocenters. The predicted octanol–water partition coefficient (Wildman–Crippen LogP) is 2.02. The molecule has 0 radical (unpaired) electrons. The van der Waals surface area contributed by atoms with E-state index < -0.39 is 22.2 Å². The van der Waals surface area contributed by atoms with E-state index >= 15 is 0 Å². The van der Waals surface area contributed by atoms with Gasteiger partial charge >= 0.3 is 5.69 Å². The number of hydrogen-bond donors (Lipinski definition) is 1. The van der Waals surface area contributed by atoms with Crippen LogP contribution in [0.3, 0.4) is 0 Å². The summed E-state index contributed by atoms with van der Waals surface area (Å²) in [6.07, 6.45) is 2.83. The molecule has 0 aromatic heterocycles. The minimum atomic E-state index is -1.24. The first kappa shape index (κ1) is 13.8. The molecule has 0 bridgehead atoms. The van der Waals surface area contributed by atoms with E-state index in [2.05, 4.69) is 5.32 Å². The zero-order valence-corrected chi connectivity index (χ0v) is 9.44. The number of amides is 1. The van der Waals surface area contributed by atoms with E-state index in [4.69, 9.17) is 0 Å². The van der Waals surface area contributed by atoms with Gasteiger partial charge in [0.15, 0.2) is 0 Å². The van der Waals surface area contributed by atoms with E-state index in [1.54, 1.807) is 0 Å². The average molecular weight is 256 g/mol. The molecular formula is C11H10F2N2O3. The second-order valence-electron chi connectivity index (χ2n) is 3.43. The maximum Gasteiger partial charge on any atom is 0.340 e. The molecule has 1 aromatic rings. The van der Waals surface area contributed by atoms with Crippen molar-refractivity contribution in [1.29, 1.82) is 0 Å². The molecule has 0 spiro atoms. The molecular weight excluding hydrogens is 246 g/mol. The minimum Gasteiger partial charge on any atom is -0.353 e. The summed E-state index contributed by atoms with van der Waals surface area (Å²) in [4.78, 5) is 19.8. The van der Waals surface area contributed by atoms with Gasteiger partial charge in [-0.25, -0.2) is 0 Å². The van der Waals surface area contributed by atoms with Crippen LogP contribution in [0, 0.1) is 21.7 Å². The van der Waals surface area contributed by atoms with Crippen molar-refractivity contribution in [3.8, 4) is 0 Å². The van der Waals surface area contributed by atoms with Gasteiger partial charge in [0.2, 0.25) is 17.5 Å². The van der Waals surface area contributed by atoms with Gasteiger partial charge in [-0.05, 0) is 17.7 Å². The maximum absolute atomic E-state index is 13.2. The Kier molecular flexibility index (Phi) is 4.47. The number of carbonyl (C=O) groups is 1. The van der Waals surface area contributed by atoms with Gasteiger partial charge in [0.05, 0.1) is 4.92 Å². The van der Waals surface area contributed by atoms with Crippen LogP contribution in [0.25, 0.3) is 6.08 Å². The highest BCUT2D eigenvalue weighted by molar-refractivity contribution is 5.73. The Morgan fingerprint density at radius 1 is 1.44 bits per heavy atom. The highest BCUT2D eigenvalue weighted by Gasteiger charge is 2.21. The first-order valence-corrected chi connectivity index (χ1v) is 4.96. The van der Waals surface area contributed by atoms with Crippen LogP contribution in [0.5, 0.6) is 0 Å². The number of rotatable bonds is 4. The molecule has 0 aliphatic rings. The maximum atomic E-state index is 13.2. The number of nitrogens with one attached hydrogen (secondary N) is 1. The Bertz CT molecular complexity index is 492. The highest BCUT2D eigenvalue weighted by atomic mass is 19.1. The third-order valence-electron chi connectivity index (χ3n) is 2.00. The first-order chi connectivity index (χ1) is 8.41. The summed E-state index contributed by atoms with van der Waals surface area (Å²) < 4.78 is 26.4. The Morgan fingerprint density at radius 3 is 2.44 bits per heavy atom. The van der Waals surface area contributed by atoms with E-state index in [-0.39, 0.29) is 18.0 Å². The van der Waals surface area contributed by atoms with Gasteiger partial charge in [0.1, 0.15) is 0 Å². The van der Waals surface area contributed by atoms with Crippen molar-refractivity contribution in [2.75, 3.05) is 6.54 Å². The van der Waals surface area contributed by atoms with Crippen LogP contribution < -0.4 is 5.32 Å². The molecule has 0 heterocycles. The van der Waals surface area contributed by atoms with Crippen LogP contribution in [0.1, 0.15) is 12.5 Å². The van der Waals surface area contributed by atoms with Crippen LogP contribution >= 0.6 is 0 Å². The van der Waals surface area contributed by atoms with Crippen molar-refractivity contribution >= 4 is 17.7 Å². The van der Waals surface area contributed by atoms with Gasteiger partial charge in [0, 0.05) is 13.5 Å². The van der Waals surface area contributed by atoms with Gasteiger partial charge in [-0.15, -0.1) is 0 Å². The molecule has 1 amide bonds. The molecule has 1 N–H and O–H groups in total. The van der Waals surface area contributed by atoms with Gasteiger partial charge in [-0.3, -0.25) is 14.9 Å². The largest absolute Gasteiger partial charge is 0.353 e. The van der Waals surface area contributed by atoms with Crippen molar-refractivity contribution in [2.24, 2.45) is 0 Å². The fourth-order valence-electron chi connectivity index (χ4n) is 1.25. The molecule has 7 heteroatoms. The third-order valence-corrected chi connectivity index (χ3v) is 2.00. The van der Waals surface area contributed by atoms with E-state index in [0.29, 0.717) is 0 Å². The zero-order valence-electron chi connectivity index (χ0n) is 9.44. The summed E-state index contributed by atoms with van der Waals surface area (Å²) in [5.74, 6) is -2.71. The summed E-state index contributed by atoms with van der Waals surface area (Å²) in [6, 6.07) is 1.71. The topological polar surface area (TPSA) is 72.2 Å². The SMILES string of the molecule is CC(=O)NCC=Cc1cc(F)c([N+](=O)[O-])c(F)c1. The summed E-state index contributed by atoms with van der Waals surface area (Å²) >= 11 is 0. The smallest absolute Gasteiger partial charge is 0.340 e. The van der Waals surface area contributed by atoms with Crippen LogP contribution in [0.2, 0.25) is 0 Å². The molecule has 0 unspecified atom stereocenters. The lowest BCUT2D eigenvalue weighted by molar-refractivity contribution is -0.390. The first-order valence-electron chi connectivity index (χ1n) is 4.96. The molecule has 0 aliphatic carbocycles. The van der Waals surface area contributed by atoms with Crippen LogP contribution in [-0.2, 0) is 4.79 Å². The molecule has 1 aromatic carbocycles. The van der Waals surface area contributed by atoms with Crippen molar-refractivity contribution < 1.29 is 18.5 Å². The average Bonchev–Trinajstić information content (AvgIpc) is 2.22. The van der Waals surface area contributed by atoms with E-state index in [1.807, 2.05) is 0 Å². The standard InChI is InChI=1S/C11H10F2N2O3/c1-7(16)14-4-2-3-8-5-9(12)11(15(17)18)10(13)6-8/h2-3,5-6H,4H2,1H3,(H,14,16). The van der Waals surface area contributed by atoms with Crippen molar-refractivity contribution in [3.63, 3.8) is 0 Å². The number of hydrogen-bond acceptors (Lipinski definition) is 3. The van der Waals surface area contributed by atoms with Gasteiger partial charge in [-0.2, -0.15) is 8.78 Å². The molecule has 0 fully saturated rings. The lowest BCUT2D eigenvalue weighted by Crippen LogP contribution is -2.19. The second-order valence-corrected chi connectivity index (χ2v) is 3.43. The number of benzene rings is 1. The summed E-state index contributed by atoms with van der Waals surface area (Å²) in [6.45, 7) is 1.54. The zero-order chi connectivity index (χ0) is 13.7. The number of nitro groups is 1. The fourth-order valence-corrected chi connectivity index (χ4v) is 1.25. The van der Waals surface area contributed by atoms with Crippen molar-refractivity contribution in [3.05, 3.63) is 45.5 Å². The van der Waals surface area contributed by atoms with E-state index in [0.717, 1.165) is 12.1 Å². The summed E-state index contributed by atoms with van der Waals surface area (Å²) in [5.41, 5.74) is -1.03. The van der Waals surface area contributed by atoms with Gasteiger partial charge in [-0.1, -0.05) is 12.2 Å².